The predicted octanol–water partition coefficient (Wildman–Crippen LogP) is 5.41. The first-order valence-electron chi connectivity index (χ1n) is 7.77. The van der Waals surface area contributed by atoms with Crippen molar-refractivity contribution in [3.63, 3.8) is 0 Å². The van der Waals surface area contributed by atoms with Gasteiger partial charge in [0.15, 0.2) is 5.13 Å². The summed E-state index contributed by atoms with van der Waals surface area (Å²) in [4.78, 5) is 19.6. The van der Waals surface area contributed by atoms with Gasteiger partial charge < -0.3 is 10.4 Å². The Hall–Kier alpha value is -3.23. The fraction of sp³-hybridized carbons (Fsp3) is 0. The number of fused-ring (bicyclic) bond motifs is 1. The summed E-state index contributed by atoms with van der Waals surface area (Å²) in [6, 6.07) is 12.0. The number of nitrogens with zero attached hydrogens (tertiary/aromatic N) is 3. The van der Waals surface area contributed by atoms with E-state index < -0.39 is 4.92 Å². The number of hydrogen-bond donors (Lipinski definition) is 2. The Labute approximate surface area is 162 Å². The molecule has 3 aromatic rings. The lowest BCUT2D eigenvalue weighted by Crippen LogP contribution is -1.96. The summed E-state index contributed by atoms with van der Waals surface area (Å²) in [5.41, 5.74) is 2.75. The van der Waals surface area contributed by atoms with Gasteiger partial charge in [-0.15, -0.1) is 0 Å². The van der Waals surface area contributed by atoms with Crippen molar-refractivity contribution in [1.82, 2.24) is 4.98 Å². The SMILES string of the molecule is O=[N+]([O-])c1cc(Cl)ccc1Nc1nc(O)c(C=C2C=Nc3ccccc32)s1. The summed E-state index contributed by atoms with van der Waals surface area (Å²) in [5.74, 6) is -0.163. The highest BCUT2D eigenvalue weighted by atomic mass is 35.5. The summed E-state index contributed by atoms with van der Waals surface area (Å²) in [6.45, 7) is 0. The number of para-hydroxylation sites is 1. The normalized spacial score (nSPS) is 13.7. The van der Waals surface area contributed by atoms with Gasteiger partial charge in [-0.25, -0.2) is 0 Å². The molecule has 1 aliphatic heterocycles. The van der Waals surface area contributed by atoms with Gasteiger partial charge in [-0.05, 0) is 24.3 Å². The Morgan fingerprint density at radius 3 is 2.89 bits per heavy atom. The summed E-state index contributed by atoms with van der Waals surface area (Å²) in [7, 11) is 0. The molecule has 0 fully saturated rings. The molecule has 0 radical (unpaired) electrons. The van der Waals surface area contributed by atoms with E-state index in [1.165, 1.54) is 23.5 Å². The zero-order valence-corrected chi connectivity index (χ0v) is 15.2. The number of aromatic nitrogens is 1. The van der Waals surface area contributed by atoms with Crippen LogP contribution in [0.3, 0.4) is 0 Å². The smallest absolute Gasteiger partial charge is 0.294 e. The largest absolute Gasteiger partial charge is 0.492 e. The molecular weight excluding hydrogens is 388 g/mol. The molecule has 0 amide bonds. The fourth-order valence-corrected chi connectivity index (χ4v) is 3.63. The molecule has 1 aliphatic rings. The van der Waals surface area contributed by atoms with E-state index in [4.69, 9.17) is 11.6 Å². The second-order valence-corrected chi connectivity index (χ2v) is 7.09. The molecule has 0 bridgehead atoms. The number of nitro benzene ring substituents is 1. The second kappa shape index (κ2) is 6.82. The Balaban J connectivity index is 1.65. The second-order valence-electron chi connectivity index (χ2n) is 5.63. The van der Waals surface area contributed by atoms with E-state index >= 15 is 0 Å². The first-order valence-corrected chi connectivity index (χ1v) is 8.96. The number of rotatable bonds is 4. The van der Waals surface area contributed by atoms with Crippen molar-refractivity contribution in [2.75, 3.05) is 5.32 Å². The minimum Gasteiger partial charge on any atom is -0.492 e. The molecule has 134 valence electrons. The molecule has 2 N–H and O–H groups in total. The quantitative estimate of drug-likeness (QED) is 0.452. The highest BCUT2D eigenvalue weighted by Gasteiger charge is 2.18. The topological polar surface area (TPSA) is 101 Å². The third kappa shape index (κ3) is 3.40. The maximum absolute atomic E-state index is 11.2. The lowest BCUT2D eigenvalue weighted by Gasteiger charge is -2.03. The molecule has 4 rings (SSSR count). The molecule has 2 aromatic carbocycles. The van der Waals surface area contributed by atoms with Gasteiger partial charge in [0.25, 0.3) is 5.69 Å². The molecule has 1 aromatic heterocycles. The maximum atomic E-state index is 11.2. The van der Waals surface area contributed by atoms with Crippen LogP contribution in [0, 0.1) is 10.1 Å². The van der Waals surface area contributed by atoms with Gasteiger partial charge in [0.1, 0.15) is 5.69 Å². The molecule has 0 saturated carbocycles. The molecule has 0 atom stereocenters. The van der Waals surface area contributed by atoms with Crippen molar-refractivity contribution in [3.05, 3.63) is 68.0 Å². The zero-order valence-electron chi connectivity index (χ0n) is 13.6. The molecular formula is C18H11ClN4O3S. The van der Waals surface area contributed by atoms with E-state index in [0.29, 0.717) is 10.0 Å². The van der Waals surface area contributed by atoms with Crippen molar-refractivity contribution in [2.24, 2.45) is 4.99 Å². The predicted molar refractivity (Wildman–Crippen MR) is 108 cm³/mol. The third-order valence-corrected chi connectivity index (χ3v) is 5.02. The van der Waals surface area contributed by atoms with Crippen LogP contribution in [0.1, 0.15) is 10.4 Å². The Bertz CT molecular complexity index is 1120. The fourth-order valence-electron chi connectivity index (χ4n) is 2.64. The molecule has 7 nitrogen and oxygen atoms in total. The molecule has 0 aliphatic carbocycles. The number of anilines is 2. The zero-order chi connectivity index (χ0) is 19.0. The average molecular weight is 399 g/mol. The van der Waals surface area contributed by atoms with Gasteiger partial charge in [0.2, 0.25) is 5.88 Å². The molecule has 27 heavy (non-hydrogen) atoms. The molecule has 0 spiro atoms. The Morgan fingerprint density at radius 1 is 1.26 bits per heavy atom. The van der Waals surface area contributed by atoms with E-state index in [1.807, 2.05) is 24.3 Å². The van der Waals surface area contributed by atoms with Gasteiger partial charge in [-0.2, -0.15) is 4.98 Å². The van der Waals surface area contributed by atoms with Crippen LogP contribution < -0.4 is 5.32 Å². The number of nitro groups is 1. The third-order valence-electron chi connectivity index (χ3n) is 3.88. The van der Waals surface area contributed by atoms with Crippen LogP contribution in [0.5, 0.6) is 5.88 Å². The highest BCUT2D eigenvalue weighted by Crippen LogP contribution is 2.38. The van der Waals surface area contributed by atoms with Crippen molar-refractivity contribution >= 4 is 63.0 Å². The Kier molecular flexibility index (Phi) is 4.35. The van der Waals surface area contributed by atoms with Crippen molar-refractivity contribution < 1.29 is 10.0 Å². The summed E-state index contributed by atoms with van der Waals surface area (Å²) < 4.78 is 0. The van der Waals surface area contributed by atoms with Gasteiger partial charge in [-0.3, -0.25) is 15.1 Å². The minimum atomic E-state index is -0.531. The van der Waals surface area contributed by atoms with Crippen LogP contribution in [-0.4, -0.2) is 21.2 Å². The van der Waals surface area contributed by atoms with Crippen LogP contribution in [-0.2, 0) is 0 Å². The first-order chi connectivity index (χ1) is 13.0. The lowest BCUT2D eigenvalue weighted by molar-refractivity contribution is -0.383. The first kappa shape index (κ1) is 17.2. The van der Waals surface area contributed by atoms with Gasteiger partial charge >= 0.3 is 0 Å². The monoisotopic (exact) mass is 398 g/mol. The van der Waals surface area contributed by atoms with Gasteiger partial charge in [0, 0.05) is 28.4 Å². The van der Waals surface area contributed by atoms with E-state index in [9.17, 15) is 15.2 Å². The van der Waals surface area contributed by atoms with Crippen molar-refractivity contribution in [1.29, 1.82) is 0 Å². The van der Waals surface area contributed by atoms with E-state index in [1.54, 1.807) is 18.4 Å². The highest BCUT2D eigenvalue weighted by molar-refractivity contribution is 7.16. The van der Waals surface area contributed by atoms with Crippen LogP contribution in [0.15, 0.2) is 47.5 Å². The number of halogens is 1. The van der Waals surface area contributed by atoms with E-state index in [-0.39, 0.29) is 22.3 Å². The lowest BCUT2D eigenvalue weighted by atomic mass is 10.1. The number of nitrogens with one attached hydrogen (secondary N) is 1. The average Bonchev–Trinajstić information content (AvgIpc) is 3.20. The standard InChI is InChI=1S/C18H11ClN4O3S/c19-11-5-6-14(15(8-11)23(25)26)21-18-22-17(24)16(27-18)7-10-9-20-13-4-2-1-3-12(10)13/h1-9,24H,(H,21,22). The van der Waals surface area contributed by atoms with E-state index in [2.05, 4.69) is 15.3 Å². The molecule has 9 heteroatoms. The number of benzene rings is 2. The summed E-state index contributed by atoms with van der Waals surface area (Å²) in [6.07, 6.45) is 3.50. The number of hydrogen-bond acceptors (Lipinski definition) is 7. The number of aliphatic imine (C=N–C) groups is 1. The van der Waals surface area contributed by atoms with Crippen LogP contribution in [0.25, 0.3) is 11.6 Å². The number of thiazole rings is 1. The maximum Gasteiger partial charge on any atom is 0.294 e. The van der Waals surface area contributed by atoms with Crippen LogP contribution in [0.2, 0.25) is 5.02 Å². The Morgan fingerprint density at radius 2 is 2.07 bits per heavy atom. The number of aromatic hydroxyl groups is 1. The number of allylic oxidation sites excluding steroid dienone is 1. The van der Waals surface area contributed by atoms with Crippen LogP contribution >= 0.6 is 22.9 Å². The van der Waals surface area contributed by atoms with Crippen LogP contribution in [0.4, 0.5) is 22.2 Å². The minimum absolute atomic E-state index is 0.163. The summed E-state index contributed by atoms with van der Waals surface area (Å²) in [5, 5.41) is 24.8. The van der Waals surface area contributed by atoms with Crippen molar-refractivity contribution in [3.8, 4) is 5.88 Å². The molecule has 0 saturated heterocycles. The molecule has 0 unspecified atom stereocenters. The summed E-state index contributed by atoms with van der Waals surface area (Å²) >= 11 is 7.00. The van der Waals surface area contributed by atoms with Gasteiger partial charge in [-0.1, -0.05) is 41.1 Å². The van der Waals surface area contributed by atoms with E-state index in [0.717, 1.165) is 16.8 Å². The van der Waals surface area contributed by atoms with Crippen molar-refractivity contribution in [2.45, 2.75) is 0 Å². The van der Waals surface area contributed by atoms with Gasteiger partial charge in [0.05, 0.1) is 15.5 Å². The molecule has 2 heterocycles.